The number of amides is 1. The molecule has 0 radical (unpaired) electrons. The molecule has 0 aliphatic carbocycles. The van der Waals surface area contributed by atoms with Gasteiger partial charge in [0, 0.05) is 11.4 Å². The van der Waals surface area contributed by atoms with Gasteiger partial charge in [-0.1, -0.05) is 23.7 Å². The molecule has 0 saturated heterocycles. The van der Waals surface area contributed by atoms with Crippen molar-refractivity contribution in [2.75, 3.05) is 17.7 Å². The predicted octanol–water partition coefficient (Wildman–Crippen LogP) is 3.88. The number of hydrogen-bond donors (Lipinski definition) is 2. The van der Waals surface area contributed by atoms with Crippen molar-refractivity contribution in [3.8, 4) is 5.75 Å². The number of anilines is 2. The van der Waals surface area contributed by atoms with Crippen LogP contribution in [0.1, 0.15) is 22.8 Å². The number of carbonyl (C=O) groups excluding carboxylic acids is 1. The van der Waals surface area contributed by atoms with E-state index in [1.165, 1.54) is 0 Å². The Morgan fingerprint density at radius 1 is 1.33 bits per heavy atom. The van der Waals surface area contributed by atoms with Crippen molar-refractivity contribution in [2.45, 2.75) is 13.8 Å². The summed E-state index contributed by atoms with van der Waals surface area (Å²) in [5.74, 6) is 0.323. The summed E-state index contributed by atoms with van der Waals surface area (Å²) >= 11 is 6.09. The Labute approximate surface area is 128 Å². The van der Waals surface area contributed by atoms with E-state index >= 15 is 0 Å². The Kier molecular flexibility index (Phi) is 4.70. The van der Waals surface area contributed by atoms with Gasteiger partial charge >= 0.3 is 0 Å². The lowest BCUT2D eigenvalue weighted by atomic mass is 10.1. The highest BCUT2D eigenvalue weighted by Gasteiger charge is 2.12. The summed E-state index contributed by atoms with van der Waals surface area (Å²) in [6.45, 7) is 4.28. The minimum absolute atomic E-state index is 0.267. The van der Waals surface area contributed by atoms with Gasteiger partial charge < -0.3 is 15.8 Å². The molecule has 5 heteroatoms. The van der Waals surface area contributed by atoms with Gasteiger partial charge in [-0.05, 0) is 43.7 Å². The molecular formula is C16H17ClN2O2. The lowest BCUT2D eigenvalue weighted by Gasteiger charge is -2.11. The van der Waals surface area contributed by atoms with Crippen LogP contribution in [0.4, 0.5) is 11.4 Å². The quantitative estimate of drug-likeness (QED) is 0.842. The normalized spacial score (nSPS) is 10.2. The van der Waals surface area contributed by atoms with Crippen LogP contribution in [0.2, 0.25) is 5.02 Å². The highest BCUT2D eigenvalue weighted by molar-refractivity contribution is 6.32. The second-order valence-electron chi connectivity index (χ2n) is 4.57. The topological polar surface area (TPSA) is 64.3 Å². The van der Waals surface area contributed by atoms with Crippen LogP contribution in [0.25, 0.3) is 0 Å². The smallest absolute Gasteiger partial charge is 0.257 e. The first-order chi connectivity index (χ1) is 10.0. The predicted molar refractivity (Wildman–Crippen MR) is 86.2 cm³/mol. The van der Waals surface area contributed by atoms with Crippen LogP contribution in [0, 0.1) is 6.92 Å². The average molecular weight is 305 g/mol. The molecule has 2 aromatic rings. The maximum atomic E-state index is 12.2. The van der Waals surface area contributed by atoms with Gasteiger partial charge in [0.2, 0.25) is 0 Å². The standard InChI is InChI=1S/C16H17ClN2O2/c1-3-21-14-8-7-11(9-13(14)17)19-16(20)12-6-4-5-10(2)15(12)18/h4-9H,3,18H2,1-2H3,(H,19,20). The van der Waals surface area contributed by atoms with Gasteiger partial charge in [-0.25, -0.2) is 0 Å². The van der Waals surface area contributed by atoms with Gasteiger partial charge in [-0.2, -0.15) is 0 Å². The molecule has 1 amide bonds. The van der Waals surface area contributed by atoms with Crippen LogP contribution in [-0.2, 0) is 0 Å². The summed E-state index contributed by atoms with van der Waals surface area (Å²) in [6.07, 6.45) is 0. The summed E-state index contributed by atoms with van der Waals surface area (Å²) in [5, 5.41) is 3.23. The lowest BCUT2D eigenvalue weighted by molar-refractivity contribution is 0.102. The maximum absolute atomic E-state index is 12.2. The summed E-state index contributed by atoms with van der Waals surface area (Å²) in [4.78, 5) is 12.2. The van der Waals surface area contributed by atoms with Crippen molar-refractivity contribution in [3.63, 3.8) is 0 Å². The number of para-hydroxylation sites is 1. The van der Waals surface area contributed by atoms with Crippen LogP contribution in [-0.4, -0.2) is 12.5 Å². The molecule has 2 rings (SSSR count). The van der Waals surface area contributed by atoms with E-state index in [1.54, 1.807) is 30.3 Å². The zero-order valence-corrected chi connectivity index (χ0v) is 12.7. The highest BCUT2D eigenvalue weighted by Crippen LogP contribution is 2.28. The van der Waals surface area contributed by atoms with E-state index in [9.17, 15) is 4.79 Å². The van der Waals surface area contributed by atoms with Gasteiger partial charge in [0.1, 0.15) is 5.75 Å². The fourth-order valence-electron chi connectivity index (χ4n) is 1.93. The van der Waals surface area contributed by atoms with Crippen molar-refractivity contribution >= 4 is 28.9 Å². The van der Waals surface area contributed by atoms with Crippen LogP contribution in [0.3, 0.4) is 0 Å². The summed E-state index contributed by atoms with van der Waals surface area (Å²) < 4.78 is 5.35. The number of hydrogen-bond acceptors (Lipinski definition) is 3. The number of rotatable bonds is 4. The van der Waals surface area contributed by atoms with Gasteiger partial charge in [-0.15, -0.1) is 0 Å². The first-order valence-corrected chi connectivity index (χ1v) is 6.99. The Morgan fingerprint density at radius 3 is 2.76 bits per heavy atom. The van der Waals surface area contributed by atoms with E-state index in [2.05, 4.69) is 5.32 Å². The fraction of sp³-hybridized carbons (Fsp3) is 0.188. The zero-order valence-electron chi connectivity index (χ0n) is 11.9. The Hall–Kier alpha value is -2.20. The van der Waals surface area contributed by atoms with E-state index in [0.29, 0.717) is 34.3 Å². The van der Waals surface area contributed by atoms with Crippen LogP contribution in [0.15, 0.2) is 36.4 Å². The molecule has 0 fully saturated rings. The third kappa shape index (κ3) is 3.47. The molecule has 0 aromatic heterocycles. The largest absolute Gasteiger partial charge is 0.492 e. The molecular weight excluding hydrogens is 288 g/mol. The molecule has 0 aliphatic rings. The summed E-state index contributed by atoms with van der Waals surface area (Å²) in [5.41, 5.74) is 8.31. The van der Waals surface area contributed by atoms with Crippen molar-refractivity contribution in [2.24, 2.45) is 0 Å². The molecule has 2 aromatic carbocycles. The van der Waals surface area contributed by atoms with Gasteiger partial charge in [0.05, 0.1) is 17.2 Å². The number of ether oxygens (including phenoxy) is 1. The van der Waals surface area contributed by atoms with Crippen molar-refractivity contribution in [1.29, 1.82) is 0 Å². The average Bonchev–Trinajstić information content (AvgIpc) is 2.45. The van der Waals surface area contributed by atoms with Crippen LogP contribution in [0.5, 0.6) is 5.75 Å². The molecule has 0 heterocycles. The third-order valence-corrected chi connectivity index (χ3v) is 3.35. The zero-order chi connectivity index (χ0) is 15.4. The number of nitrogen functional groups attached to an aromatic ring is 1. The molecule has 21 heavy (non-hydrogen) atoms. The van der Waals surface area contributed by atoms with Crippen molar-refractivity contribution in [3.05, 3.63) is 52.5 Å². The molecule has 110 valence electrons. The van der Waals surface area contributed by atoms with E-state index in [1.807, 2.05) is 19.9 Å². The Balaban J connectivity index is 2.20. The monoisotopic (exact) mass is 304 g/mol. The van der Waals surface area contributed by atoms with Gasteiger partial charge in [-0.3, -0.25) is 4.79 Å². The number of benzene rings is 2. The third-order valence-electron chi connectivity index (χ3n) is 3.06. The van der Waals surface area contributed by atoms with E-state index in [0.717, 1.165) is 5.56 Å². The molecule has 0 atom stereocenters. The fourth-order valence-corrected chi connectivity index (χ4v) is 2.16. The Morgan fingerprint density at radius 2 is 2.10 bits per heavy atom. The maximum Gasteiger partial charge on any atom is 0.257 e. The minimum Gasteiger partial charge on any atom is -0.492 e. The molecule has 0 spiro atoms. The summed E-state index contributed by atoms with van der Waals surface area (Å²) in [7, 11) is 0. The first kappa shape index (κ1) is 15.2. The van der Waals surface area contributed by atoms with Gasteiger partial charge in [0.15, 0.2) is 0 Å². The number of nitrogens with one attached hydrogen (secondary N) is 1. The molecule has 4 nitrogen and oxygen atoms in total. The number of aryl methyl sites for hydroxylation is 1. The SMILES string of the molecule is CCOc1ccc(NC(=O)c2cccc(C)c2N)cc1Cl. The Bertz CT molecular complexity index is 671. The van der Waals surface area contributed by atoms with Gasteiger partial charge in [0.25, 0.3) is 5.91 Å². The number of carbonyl (C=O) groups is 1. The summed E-state index contributed by atoms with van der Waals surface area (Å²) in [6, 6.07) is 10.5. The minimum atomic E-state index is -0.267. The van der Waals surface area contributed by atoms with E-state index < -0.39 is 0 Å². The second-order valence-corrected chi connectivity index (χ2v) is 4.98. The van der Waals surface area contributed by atoms with Crippen molar-refractivity contribution < 1.29 is 9.53 Å². The molecule has 0 aliphatic heterocycles. The van der Waals surface area contributed by atoms with Crippen LogP contribution < -0.4 is 15.8 Å². The molecule has 0 unspecified atom stereocenters. The highest BCUT2D eigenvalue weighted by atomic mass is 35.5. The molecule has 3 N–H and O–H groups in total. The number of halogens is 1. The van der Waals surface area contributed by atoms with E-state index in [4.69, 9.17) is 22.1 Å². The van der Waals surface area contributed by atoms with Crippen LogP contribution >= 0.6 is 11.6 Å². The van der Waals surface area contributed by atoms with E-state index in [-0.39, 0.29) is 5.91 Å². The lowest BCUT2D eigenvalue weighted by Crippen LogP contribution is -2.14. The molecule has 0 saturated carbocycles. The number of nitrogens with two attached hydrogens (primary N) is 1. The molecule has 0 bridgehead atoms. The first-order valence-electron chi connectivity index (χ1n) is 6.61. The van der Waals surface area contributed by atoms with Crippen molar-refractivity contribution in [1.82, 2.24) is 0 Å². The second kappa shape index (κ2) is 6.50.